The largest absolute Gasteiger partial charge is 0.463 e. The van der Waals surface area contributed by atoms with Crippen molar-refractivity contribution >= 4 is 34.7 Å². The Morgan fingerprint density at radius 3 is 2.61 bits per heavy atom. The molecular formula is C11H20IN3O3. The second-order valence-corrected chi connectivity index (χ2v) is 4.94. The predicted octanol–water partition coefficient (Wildman–Crippen LogP) is 0.199. The molecule has 1 amide bonds. The second-order valence-electron chi connectivity index (χ2n) is 4.40. The number of esters is 1. The normalized spacial score (nSPS) is 18.1. The number of carbonyl (C=O) groups excluding carboxylic acids is 2. The first-order chi connectivity index (χ1) is 8.63. The maximum Gasteiger partial charge on any atom is 0.307 e. The van der Waals surface area contributed by atoms with Crippen LogP contribution in [0.5, 0.6) is 0 Å². The second kappa shape index (κ2) is 8.65. The molecule has 0 radical (unpaired) electrons. The van der Waals surface area contributed by atoms with Crippen molar-refractivity contribution in [1.29, 1.82) is 0 Å². The number of nitrogens with zero attached hydrogens (tertiary/aromatic N) is 1. The third-order valence-corrected chi connectivity index (χ3v) is 3.47. The number of ether oxygens (including phenoxy) is 1. The molecule has 7 heteroatoms. The molecule has 0 saturated carbocycles. The van der Waals surface area contributed by atoms with Crippen molar-refractivity contribution < 1.29 is 14.3 Å². The Morgan fingerprint density at radius 1 is 1.33 bits per heavy atom. The van der Waals surface area contributed by atoms with E-state index < -0.39 is 6.04 Å². The van der Waals surface area contributed by atoms with Gasteiger partial charge in [-0.05, 0) is 25.9 Å². The van der Waals surface area contributed by atoms with Crippen LogP contribution < -0.4 is 9.26 Å². The average Bonchev–Trinajstić information content (AvgIpc) is 2.42. The summed E-state index contributed by atoms with van der Waals surface area (Å²) in [6.07, 6.45) is 4.05. The lowest BCUT2D eigenvalue weighted by Gasteiger charge is -2.25. The van der Waals surface area contributed by atoms with Crippen LogP contribution in [0.1, 0.15) is 25.7 Å². The van der Waals surface area contributed by atoms with Crippen molar-refractivity contribution in [3.63, 3.8) is 0 Å². The standard InChI is InChI=1S/C11H20IN3O3/c12-14-11(17)9(13)8-18-10(16)4-7-15-5-2-1-3-6-15/h9H,1-8,13H2,(H,14,17)/t9-/m0/s1. The molecule has 0 aliphatic carbocycles. The molecule has 0 aromatic heterocycles. The van der Waals surface area contributed by atoms with E-state index in [1.165, 1.54) is 19.3 Å². The highest BCUT2D eigenvalue weighted by Gasteiger charge is 2.16. The van der Waals surface area contributed by atoms with Crippen molar-refractivity contribution in [3.05, 3.63) is 0 Å². The summed E-state index contributed by atoms with van der Waals surface area (Å²) in [6.45, 7) is 2.79. The van der Waals surface area contributed by atoms with Crippen LogP contribution in [-0.2, 0) is 14.3 Å². The Bertz CT molecular complexity index is 283. The summed E-state index contributed by atoms with van der Waals surface area (Å²) < 4.78 is 7.34. The van der Waals surface area contributed by atoms with E-state index in [1.807, 2.05) is 0 Å². The minimum absolute atomic E-state index is 0.0618. The van der Waals surface area contributed by atoms with Crippen molar-refractivity contribution in [1.82, 2.24) is 8.43 Å². The summed E-state index contributed by atoms with van der Waals surface area (Å²) in [6, 6.07) is -0.791. The zero-order valence-electron chi connectivity index (χ0n) is 10.4. The van der Waals surface area contributed by atoms with E-state index in [1.54, 1.807) is 22.9 Å². The fourth-order valence-electron chi connectivity index (χ4n) is 1.83. The molecule has 104 valence electrons. The average molecular weight is 369 g/mol. The van der Waals surface area contributed by atoms with E-state index in [4.69, 9.17) is 10.5 Å². The molecule has 6 nitrogen and oxygen atoms in total. The monoisotopic (exact) mass is 369 g/mol. The number of nitrogens with two attached hydrogens (primary N) is 1. The molecule has 0 aromatic carbocycles. The summed E-state index contributed by atoms with van der Waals surface area (Å²) in [5.41, 5.74) is 5.51. The molecule has 1 saturated heterocycles. The van der Waals surface area contributed by atoms with Crippen molar-refractivity contribution in [3.8, 4) is 0 Å². The Morgan fingerprint density at radius 2 is 2.00 bits per heavy atom. The lowest BCUT2D eigenvalue weighted by molar-refractivity contribution is -0.145. The third kappa shape index (κ3) is 5.96. The molecule has 1 rings (SSSR count). The lowest BCUT2D eigenvalue weighted by Crippen LogP contribution is -2.41. The number of nitrogens with one attached hydrogen (secondary N) is 1. The molecule has 1 heterocycles. The number of halogens is 1. The van der Waals surface area contributed by atoms with Gasteiger partial charge in [0.05, 0.1) is 29.3 Å². The van der Waals surface area contributed by atoms with E-state index in [2.05, 4.69) is 8.43 Å². The smallest absolute Gasteiger partial charge is 0.307 e. The quantitative estimate of drug-likeness (QED) is 0.397. The molecule has 1 aliphatic rings. The summed E-state index contributed by atoms with van der Waals surface area (Å²) in [4.78, 5) is 24.8. The molecule has 1 atom stereocenters. The summed E-state index contributed by atoms with van der Waals surface area (Å²) in [5, 5.41) is 0. The fourth-order valence-corrected chi connectivity index (χ4v) is 2.23. The van der Waals surface area contributed by atoms with E-state index in [0.29, 0.717) is 6.42 Å². The molecule has 0 unspecified atom stereocenters. The number of likely N-dealkylation sites (tertiary alicyclic amines) is 1. The third-order valence-electron chi connectivity index (χ3n) is 2.93. The lowest BCUT2D eigenvalue weighted by atomic mass is 10.1. The Labute approximate surface area is 121 Å². The number of carbonyl (C=O) groups is 2. The summed E-state index contributed by atoms with van der Waals surface area (Å²) in [7, 11) is 0. The van der Waals surface area contributed by atoms with E-state index >= 15 is 0 Å². The van der Waals surface area contributed by atoms with Crippen LogP contribution in [0.15, 0.2) is 0 Å². The van der Waals surface area contributed by atoms with Crippen LogP contribution >= 0.6 is 22.9 Å². The van der Waals surface area contributed by atoms with Crippen molar-refractivity contribution in [2.75, 3.05) is 26.2 Å². The van der Waals surface area contributed by atoms with Crippen LogP contribution in [0, 0.1) is 0 Å². The van der Waals surface area contributed by atoms with Gasteiger partial charge >= 0.3 is 5.97 Å². The molecule has 18 heavy (non-hydrogen) atoms. The zero-order chi connectivity index (χ0) is 13.4. The molecule has 3 N–H and O–H groups in total. The van der Waals surface area contributed by atoms with E-state index in [-0.39, 0.29) is 18.5 Å². The zero-order valence-corrected chi connectivity index (χ0v) is 12.5. The number of hydrogen-bond acceptors (Lipinski definition) is 5. The molecule has 0 bridgehead atoms. The van der Waals surface area contributed by atoms with Crippen LogP contribution in [0.3, 0.4) is 0 Å². The highest BCUT2D eigenvalue weighted by atomic mass is 127. The molecule has 0 aromatic rings. The Kier molecular flexibility index (Phi) is 7.52. The molecule has 0 spiro atoms. The van der Waals surface area contributed by atoms with Gasteiger partial charge in [0.15, 0.2) is 0 Å². The number of amides is 1. The van der Waals surface area contributed by atoms with Crippen LogP contribution in [0.25, 0.3) is 0 Å². The number of rotatable bonds is 6. The first-order valence-corrected chi connectivity index (χ1v) is 7.25. The van der Waals surface area contributed by atoms with E-state index in [0.717, 1.165) is 19.6 Å². The van der Waals surface area contributed by atoms with Gasteiger partial charge in [-0.2, -0.15) is 0 Å². The first kappa shape index (κ1) is 15.6. The number of piperidine rings is 1. The Balaban J connectivity index is 2.11. The minimum atomic E-state index is -0.791. The van der Waals surface area contributed by atoms with Gasteiger partial charge < -0.3 is 15.4 Å². The fraction of sp³-hybridized carbons (Fsp3) is 0.818. The molecule has 1 fully saturated rings. The summed E-state index contributed by atoms with van der Waals surface area (Å²) >= 11 is 1.70. The predicted molar refractivity (Wildman–Crippen MR) is 76.0 cm³/mol. The minimum Gasteiger partial charge on any atom is -0.463 e. The number of hydrogen-bond donors (Lipinski definition) is 2. The maximum atomic E-state index is 11.5. The van der Waals surface area contributed by atoms with Crippen LogP contribution in [0.2, 0.25) is 0 Å². The van der Waals surface area contributed by atoms with Gasteiger partial charge in [-0.15, -0.1) is 0 Å². The van der Waals surface area contributed by atoms with Crippen molar-refractivity contribution in [2.45, 2.75) is 31.7 Å². The van der Waals surface area contributed by atoms with Gasteiger partial charge in [0, 0.05) is 6.54 Å². The van der Waals surface area contributed by atoms with E-state index in [9.17, 15) is 9.59 Å². The van der Waals surface area contributed by atoms with Gasteiger partial charge in [0.25, 0.3) is 0 Å². The Hall–Kier alpha value is -0.410. The summed E-state index contributed by atoms with van der Waals surface area (Å²) in [5.74, 6) is -0.628. The van der Waals surface area contributed by atoms with Gasteiger partial charge in [-0.1, -0.05) is 6.42 Å². The van der Waals surface area contributed by atoms with Crippen molar-refractivity contribution in [2.24, 2.45) is 5.73 Å². The van der Waals surface area contributed by atoms with Gasteiger partial charge in [0.1, 0.15) is 12.6 Å². The topological polar surface area (TPSA) is 84.7 Å². The highest BCUT2D eigenvalue weighted by Crippen LogP contribution is 2.08. The van der Waals surface area contributed by atoms with Crippen LogP contribution in [-0.4, -0.2) is 49.1 Å². The maximum absolute atomic E-state index is 11.5. The molecule has 1 aliphatic heterocycles. The SMILES string of the molecule is N[C@@H](COC(=O)CCN1CCCCC1)C(=O)NI. The molecular weight excluding hydrogens is 349 g/mol. The van der Waals surface area contributed by atoms with Gasteiger partial charge in [-0.25, -0.2) is 0 Å². The van der Waals surface area contributed by atoms with Crippen LogP contribution in [0.4, 0.5) is 0 Å². The van der Waals surface area contributed by atoms with Gasteiger partial charge in [0.2, 0.25) is 5.91 Å². The first-order valence-electron chi connectivity index (χ1n) is 6.17. The van der Waals surface area contributed by atoms with Gasteiger partial charge in [-0.3, -0.25) is 13.1 Å². The highest BCUT2D eigenvalue weighted by molar-refractivity contribution is 14.1.